The van der Waals surface area contributed by atoms with Gasteiger partial charge in [0.15, 0.2) is 0 Å². The van der Waals surface area contributed by atoms with Gasteiger partial charge in [-0.1, -0.05) is 12.1 Å². The Kier molecular flexibility index (Phi) is 4.31. The number of imidazole rings is 1. The molecular weight excluding hydrogens is 340 g/mol. The maximum Gasteiger partial charge on any atom is 0.282 e. The summed E-state index contributed by atoms with van der Waals surface area (Å²) in [6.07, 6.45) is 1.45. The lowest BCUT2D eigenvalue weighted by Crippen LogP contribution is -2.52. The molecule has 2 aliphatic heterocycles. The first-order chi connectivity index (χ1) is 11.9. The number of benzene rings is 1. The first-order valence-corrected chi connectivity index (χ1v) is 10.2. The smallest absolute Gasteiger partial charge is 0.282 e. The fraction of sp³-hybridized carbons (Fsp3) is 0.588. The van der Waals surface area contributed by atoms with Gasteiger partial charge in [0.05, 0.1) is 29.3 Å². The van der Waals surface area contributed by atoms with Gasteiger partial charge in [-0.05, 0) is 38.8 Å². The molecule has 3 heterocycles. The van der Waals surface area contributed by atoms with Crippen LogP contribution in [0.15, 0.2) is 24.3 Å². The molecule has 2 aromatic rings. The lowest BCUT2D eigenvalue weighted by molar-refractivity contribution is -0.0455. The predicted molar refractivity (Wildman–Crippen MR) is 95.3 cm³/mol. The molecule has 0 spiro atoms. The van der Waals surface area contributed by atoms with E-state index < -0.39 is 10.2 Å². The zero-order chi connectivity index (χ0) is 17.6. The fourth-order valence-electron chi connectivity index (χ4n) is 3.89. The molecule has 2 saturated heterocycles. The number of hydrogen-bond donors (Lipinski definition) is 1. The molecule has 2 aliphatic rings. The van der Waals surface area contributed by atoms with Crippen molar-refractivity contribution in [3.63, 3.8) is 0 Å². The lowest BCUT2D eigenvalue weighted by Gasteiger charge is -2.37. The van der Waals surface area contributed by atoms with Gasteiger partial charge in [0.25, 0.3) is 10.2 Å². The maximum absolute atomic E-state index is 13.2. The molecule has 0 radical (unpaired) electrons. The average molecular weight is 364 g/mol. The third kappa shape index (κ3) is 3.08. The van der Waals surface area contributed by atoms with Gasteiger partial charge >= 0.3 is 0 Å². The van der Waals surface area contributed by atoms with Gasteiger partial charge in [-0.15, -0.1) is 0 Å². The monoisotopic (exact) mass is 364 g/mol. The zero-order valence-electron chi connectivity index (χ0n) is 14.6. The van der Waals surface area contributed by atoms with Crippen LogP contribution in [-0.4, -0.2) is 58.8 Å². The number of para-hydroxylation sites is 2. The van der Waals surface area contributed by atoms with Crippen LogP contribution >= 0.6 is 0 Å². The second kappa shape index (κ2) is 6.35. The molecule has 1 N–H and O–H groups in total. The number of rotatable bonds is 3. The Morgan fingerprint density at radius 2 is 1.92 bits per heavy atom. The highest BCUT2D eigenvalue weighted by Gasteiger charge is 2.42. The Morgan fingerprint density at radius 1 is 1.20 bits per heavy atom. The number of hydrogen-bond acceptors (Lipinski definition) is 4. The van der Waals surface area contributed by atoms with Gasteiger partial charge in [-0.25, -0.2) is 4.98 Å². The summed E-state index contributed by atoms with van der Waals surface area (Å²) < 4.78 is 35.3. The van der Waals surface area contributed by atoms with Gasteiger partial charge in [-0.3, -0.25) is 0 Å². The van der Waals surface area contributed by atoms with E-state index in [1.807, 2.05) is 38.1 Å². The molecule has 3 atom stereocenters. The Hall–Kier alpha value is -1.48. The van der Waals surface area contributed by atoms with E-state index in [-0.39, 0.29) is 18.2 Å². The van der Waals surface area contributed by atoms with Gasteiger partial charge in [0, 0.05) is 19.6 Å². The van der Waals surface area contributed by atoms with Crippen LogP contribution in [0.2, 0.25) is 0 Å². The van der Waals surface area contributed by atoms with Gasteiger partial charge in [0.1, 0.15) is 5.82 Å². The van der Waals surface area contributed by atoms with Gasteiger partial charge < -0.3 is 9.72 Å². The molecule has 2 fully saturated rings. The van der Waals surface area contributed by atoms with E-state index in [0.717, 1.165) is 29.7 Å². The summed E-state index contributed by atoms with van der Waals surface area (Å²) in [5.74, 6) is 0.733. The SMILES string of the molecule is CC1CN(S(=O)(=O)N2CCCC2c2nc3ccccc3[nH]2)CC(C)O1. The van der Waals surface area contributed by atoms with Crippen molar-refractivity contribution in [3.8, 4) is 0 Å². The summed E-state index contributed by atoms with van der Waals surface area (Å²) in [4.78, 5) is 7.93. The molecule has 1 aromatic carbocycles. The van der Waals surface area contributed by atoms with Crippen LogP contribution in [0.1, 0.15) is 38.6 Å². The van der Waals surface area contributed by atoms with Crippen molar-refractivity contribution < 1.29 is 13.2 Å². The van der Waals surface area contributed by atoms with E-state index >= 15 is 0 Å². The van der Waals surface area contributed by atoms with Crippen molar-refractivity contribution in [1.29, 1.82) is 0 Å². The quantitative estimate of drug-likeness (QED) is 0.904. The standard InChI is InChI=1S/C17H24N4O3S/c1-12-10-20(11-13(2)24-12)25(22,23)21-9-5-8-16(21)17-18-14-6-3-4-7-15(14)19-17/h3-4,6-7,12-13,16H,5,8-11H2,1-2H3,(H,18,19). The molecule has 0 amide bonds. The number of nitrogens with one attached hydrogen (secondary N) is 1. The summed E-state index contributed by atoms with van der Waals surface area (Å²) in [7, 11) is -3.54. The topological polar surface area (TPSA) is 78.5 Å². The number of nitrogens with zero attached hydrogens (tertiary/aromatic N) is 3. The summed E-state index contributed by atoms with van der Waals surface area (Å²) in [5.41, 5.74) is 1.81. The number of fused-ring (bicyclic) bond motifs is 1. The second-order valence-corrected chi connectivity index (χ2v) is 8.87. The van der Waals surface area contributed by atoms with Gasteiger partial charge in [0.2, 0.25) is 0 Å². The van der Waals surface area contributed by atoms with E-state index in [1.54, 1.807) is 8.61 Å². The lowest BCUT2D eigenvalue weighted by atomic mass is 10.2. The number of aromatic nitrogens is 2. The molecule has 1 aromatic heterocycles. The van der Waals surface area contributed by atoms with E-state index in [1.165, 1.54) is 0 Å². The number of H-pyrrole nitrogens is 1. The summed E-state index contributed by atoms with van der Waals surface area (Å²) in [5, 5.41) is 0. The number of morpholine rings is 1. The summed E-state index contributed by atoms with van der Waals surface area (Å²) >= 11 is 0. The van der Waals surface area contributed by atoms with Crippen molar-refractivity contribution in [2.24, 2.45) is 0 Å². The van der Waals surface area contributed by atoms with E-state index in [9.17, 15) is 8.42 Å². The molecule has 7 nitrogen and oxygen atoms in total. The maximum atomic E-state index is 13.2. The van der Waals surface area contributed by atoms with Crippen LogP contribution in [0, 0.1) is 0 Å². The molecule has 0 bridgehead atoms. The van der Waals surface area contributed by atoms with Crippen molar-refractivity contribution in [3.05, 3.63) is 30.1 Å². The van der Waals surface area contributed by atoms with E-state index in [2.05, 4.69) is 9.97 Å². The van der Waals surface area contributed by atoms with Gasteiger partial charge in [-0.2, -0.15) is 17.0 Å². The first-order valence-electron chi connectivity index (χ1n) is 8.82. The van der Waals surface area contributed by atoms with Crippen molar-refractivity contribution in [2.45, 2.75) is 44.9 Å². The highest BCUT2D eigenvalue weighted by Crippen LogP contribution is 2.35. The highest BCUT2D eigenvalue weighted by atomic mass is 32.2. The molecule has 0 aliphatic carbocycles. The molecule has 25 heavy (non-hydrogen) atoms. The van der Waals surface area contributed by atoms with Crippen LogP contribution in [0.5, 0.6) is 0 Å². The third-order valence-corrected chi connectivity index (χ3v) is 6.92. The van der Waals surface area contributed by atoms with Crippen LogP contribution < -0.4 is 0 Å². The zero-order valence-corrected chi connectivity index (χ0v) is 15.4. The largest absolute Gasteiger partial charge is 0.373 e. The Morgan fingerprint density at radius 3 is 2.64 bits per heavy atom. The molecule has 3 unspecified atom stereocenters. The minimum absolute atomic E-state index is 0.0919. The number of ether oxygens (including phenoxy) is 1. The predicted octanol–water partition coefficient (Wildman–Crippen LogP) is 2.05. The molecule has 136 valence electrons. The van der Waals surface area contributed by atoms with Crippen molar-refractivity contribution in [1.82, 2.24) is 18.6 Å². The van der Waals surface area contributed by atoms with Crippen LogP contribution in [0.3, 0.4) is 0 Å². The normalized spacial score (nSPS) is 29.4. The summed E-state index contributed by atoms with van der Waals surface area (Å²) in [6, 6.07) is 7.56. The summed E-state index contributed by atoms with van der Waals surface area (Å²) in [6.45, 7) is 5.16. The average Bonchev–Trinajstić information content (AvgIpc) is 3.20. The minimum Gasteiger partial charge on any atom is -0.373 e. The minimum atomic E-state index is -3.54. The van der Waals surface area contributed by atoms with Crippen LogP contribution in [0.4, 0.5) is 0 Å². The van der Waals surface area contributed by atoms with E-state index in [0.29, 0.717) is 19.6 Å². The van der Waals surface area contributed by atoms with Crippen LogP contribution in [0.25, 0.3) is 11.0 Å². The third-order valence-electron chi connectivity index (χ3n) is 4.94. The molecular formula is C17H24N4O3S. The van der Waals surface area contributed by atoms with Crippen LogP contribution in [-0.2, 0) is 14.9 Å². The van der Waals surface area contributed by atoms with Crippen molar-refractivity contribution in [2.75, 3.05) is 19.6 Å². The van der Waals surface area contributed by atoms with E-state index in [4.69, 9.17) is 4.74 Å². The highest BCUT2D eigenvalue weighted by molar-refractivity contribution is 7.86. The Labute approximate surface area is 148 Å². The second-order valence-electron chi connectivity index (χ2n) is 6.99. The van der Waals surface area contributed by atoms with Crippen molar-refractivity contribution >= 4 is 21.2 Å². The number of aromatic amines is 1. The Bertz CT molecular complexity index is 823. The molecule has 0 saturated carbocycles. The molecule has 4 rings (SSSR count). The fourth-order valence-corrected chi connectivity index (χ4v) is 5.87. The first kappa shape index (κ1) is 17.0. The Balaban J connectivity index is 1.64. The molecule has 8 heteroatoms.